The number of hydrogen-bond acceptors (Lipinski definition) is 2. The van der Waals surface area contributed by atoms with Crippen molar-refractivity contribution in [1.82, 2.24) is 0 Å². The van der Waals surface area contributed by atoms with Gasteiger partial charge in [0, 0.05) is 12.1 Å². The lowest BCUT2D eigenvalue weighted by molar-refractivity contribution is 0.468. The Morgan fingerprint density at radius 1 is 0.857 bits per heavy atom. The van der Waals surface area contributed by atoms with Gasteiger partial charge in [-0.05, 0) is 24.5 Å². The standard InChI is InChI=1S/C19H33NO/c1-2-3-4-5-6-7-8-9-10-11-12-17-13-14-19(21)18(15-17)16-20/h13-15,21H,2-12,16,20H2,1H3. The third-order valence-electron chi connectivity index (χ3n) is 4.18. The smallest absolute Gasteiger partial charge is 0.120 e. The Hall–Kier alpha value is -1.02. The van der Waals surface area contributed by atoms with Gasteiger partial charge in [-0.1, -0.05) is 76.8 Å². The van der Waals surface area contributed by atoms with Gasteiger partial charge in [-0.3, -0.25) is 0 Å². The van der Waals surface area contributed by atoms with Gasteiger partial charge in [0.2, 0.25) is 0 Å². The van der Waals surface area contributed by atoms with Crippen LogP contribution >= 0.6 is 0 Å². The van der Waals surface area contributed by atoms with Crippen molar-refractivity contribution in [3.63, 3.8) is 0 Å². The van der Waals surface area contributed by atoms with Gasteiger partial charge in [-0.25, -0.2) is 0 Å². The molecule has 120 valence electrons. The first-order valence-corrected chi connectivity index (χ1v) is 8.78. The van der Waals surface area contributed by atoms with Crippen LogP contribution in [0.1, 0.15) is 82.3 Å². The first-order chi connectivity index (χ1) is 10.3. The van der Waals surface area contributed by atoms with Gasteiger partial charge in [-0.15, -0.1) is 0 Å². The fourth-order valence-corrected chi connectivity index (χ4v) is 2.77. The number of unbranched alkanes of at least 4 members (excludes halogenated alkanes) is 9. The molecule has 0 saturated heterocycles. The summed E-state index contributed by atoms with van der Waals surface area (Å²) in [5, 5.41) is 9.60. The van der Waals surface area contributed by atoms with Crippen LogP contribution in [0.3, 0.4) is 0 Å². The fourth-order valence-electron chi connectivity index (χ4n) is 2.77. The molecule has 1 aromatic carbocycles. The van der Waals surface area contributed by atoms with E-state index in [2.05, 4.69) is 6.92 Å². The maximum atomic E-state index is 9.60. The van der Waals surface area contributed by atoms with Gasteiger partial charge in [0.15, 0.2) is 0 Å². The summed E-state index contributed by atoms with van der Waals surface area (Å²) in [6, 6.07) is 5.83. The molecule has 0 aliphatic carbocycles. The Balaban J connectivity index is 2.01. The van der Waals surface area contributed by atoms with E-state index in [1.807, 2.05) is 12.1 Å². The molecule has 0 heterocycles. The fraction of sp³-hybridized carbons (Fsp3) is 0.684. The second-order valence-electron chi connectivity index (χ2n) is 6.10. The summed E-state index contributed by atoms with van der Waals surface area (Å²) < 4.78 is 0. The number of aryl methyl sites for hydroxylation is 1. The molecule has 1 aromatic rings. The number of rotatable bonds is 12. The molecule has 0 unspecified atom stereocenters. The van der Waals surface area contributed by atoms with E-state index < -0.39 is 0 Å². The molecule has 2 heteroatoms. The molecular weight excluding hydrogens is 258 g/mol. The van der Waals surface area contributed by atoms with Crippen molar-refractivity contribution >= 4 is 0 Å². The molecule has 0 radical (unpaired) electrons. The molecule has 3 N–H and O–H groups in total. The number of phenols is 1. The minimum Gasteiger partial charge on any atom is -0.508 e. The number of nitrogens with two attached hydrogens (primary N) is 1. The van der Waals surface area contributed by atoms with E-state index in [1.54, 1.807) is 6.07 Å². The van der Waals surface area contributed by atoms with Gasteiger partial charge in [0.05, 0.1) is 0 Å². The number of benzene rings is 1. The molecule has 0 aliphatic rings. The molecular formula is C19H33NO. The molecule has 21 heavy (non-hydrogen) atoms. The zero-order chi connectivity index (χ0) is 15.3. The lowest BCUT2D eigenvalue weighted by Gasteiger charge is -2.06. The summed E-state index contributed by atoms with van der Waals surface area (Å²) >= 11 is 0. The minimum atomic E-state index is 0.323. The molecule has 0 spiro atoms. The van der Waals surface area contributed by atoms with E-state index in [1.165, 1.54) is 69.8 Å². The minimum absolute atomic E-state index is 0.323. The Morgan fingerprint density at radius 3 is 2.00 bits per heavy atom. The topological polar surface area (TPSA) is 46.2 Å². The van der Waals surface area contributed by atoms with Crippen molar-refractivity contribution in [3.8, 4) is 5.75 Å². The van der Waals surface area contributed by atoms with Crippen LogP contribution in [0.15, 0.2) is 18.2 Å². The molecule has 2 nitrogen and oxygen atoms in total. The third kappa shape index (κ3) is 8.11. The van der Waals surface area contributed by atoms with Crippen LogP contribution in [0.4, 0.5) is 0 Å². The largest absolute Gasteiger partial charge is 0.508 e. The van der Waals surface area contributed by atoms with Crippen molar-refractivity contribution in [1.29, 1.82) is 0 Å². The van der Waals surface area contributed by atoms with Gasteiger partial charge in [0.1, 0.15) is 5.75 Å². The van der Waals surface area contributed by atoms with Crippen LogP contribution in [-0.2, 0) is 13.0 Å². The van der Waals surface area contributed by atoms with E-state index in [0.29, 0.717) is 12.3 Å². The molecule has 0 fully saturated rings. The predicted molar refractivity (Wildman–Crippen MR) is 91.5 cm³/mol. The number of phenolic OH excluding ortho intramolecular Hbond substituents is 1. The van der Waals surface area contributed by atoms with E-state index in [-0.39, 0.29) is 0 Å². The van der Waals surface area contributed by atoms with Crippen LogP contribution in [0, 0.1) is 0 Å². The highest BCUT2D eigenvalue weighted by atomic mass is 16.3. The first kappa shape index (κ1) is 18.0. The lowest BCUT2D eigenvalue weighted by Crippen LogP contribution is -1.98. The quantitative estimate of drug-likeness (QED) is 0.512. The van der Waals surface area contributed by atoms with Crippen molar-refractivity contribution in [2.45, 2.75) is 84.1 Å². The Labute approximate surface area is 130 Å². The molecule has 0 aliphatic heterocycles. The van der Waals surface area contributed by atoms with Gasteiger partial charge in [-0.2, -0.15) is 0 Å². The normalized spacial score (nSPS) is 11.0. The van der Waals surface area contributed by atoms with Crippen LogP contribution in [-0.4, -0.2) is 5.11 Å². The summed E-state index contributed by atoms with van der Waals surface area (Å²) in [6.07, 6.45) is 14.8. The molecule has 0 bridgehead atoms. The molecule has 0 amide bonds. The highest BCUT2D eigenvalue weighted by Gasteiger charge is 2.01. The Bertz CT molecular complexity index is 376. The maximum Gasteiger partial charge on any atom is 0.120 e. The zero-order valence-electron chi connectivity index (χ0n) is 13.7. The van der Waals surface area contributed by atoms with E-state index in [4.69, 9.17) is 5.73 Å². The lowest BCUT2D eigenvalue weighted by atomic mass is 10.0. The average Bonchev–Trinajstić information content (AvgIpc) is 2.50. The van der Waals surface area contributed by atoms with Crippen LogP contribution in [0.2, 0.25) is 0 Å². The van der Waals surface area contributed by atoms with Crippen LogP contribution in [0.25, 0.3) is 0 Å². The summed E-state index contributed by atoms with van der Waals surface area (Å²) in [5.41, 5.74) is 7.77. The first-order valence-electron chi connectivity index (χ1n) is 8.78. The number of hydrogen-bond donors (Lipinski definition) is 2. The second kappa shape index (κ2) is 11.6. The zero-order valence-corrected chi connectivity index (χ0v) is 13.7. The van der Waals surface area contributed by atoms with Crippen molar-refractivity contribution in [2.75, 3.05) is 0 Å². The maximum absolute atomic E-state index is 9.60. The average molecular weight is 291 g/mol. The van der Waals surface area contributed by atoms with Gasteiger partial charge in [0.25, 0.3) is 0 Å². The summed E-state index contributed by atoms with van der Waals surface area (Å²) in [4.78, 5) is 0. The monoisotopic (exact) mass is 291 g/mol. The van der Waals surface area contributed by atoms with Gasteiger partial charge < -0.3 is 10.8 Å². The Morgan fingerprint density at radius 2 is 1.43 bits per heavy atom. The highest BCUT2D eigenvalue weighted by molar-refractivity contribution is 5.36. The van der Waals surface area contributed by atoms with E-state index >= 15 is 0 Å². The third-order valence-corrected chi connectivity index (χ3v) is 4.18. The predicted octanol–water partition coefficient (Wildman–Crippen LogP) is 5.31. The second-order valence-corrected chi connectivity index (χ2v) is 6.10. The SMILES string of the molecule is CCCCCCCCCCCCc1ccc(O)c(CN)c1. The van der Waals surface area contributed by atoms with Crippen LogP contribution in [0.5, 0.6) is 5.75 Å². The van der Waals surface area contributed by atoms with E-state index in [9.17, 15) is 5.11 Å². The summed E-state index contributed by atoms with van der Waals surface area (Å²) in [6.45, 7) is 2.68. The molecule has 0 atom stereocenters. The van der Waals surface area contributed by atoms with Crippen molar-refractivity contribution in [3.05, 3.63) is 29.3 Å². The molecule has 1 rings (SSSR count). The summed E-state index contributed by atoms with van der Waals surface area (Å²) in [5.74, 6) is 0.323. The van der Waals surface area contributed by atoms with E-state index in [0.717, 1.165) is 12.0 Å². The number of aromatic hydroxyl groups is 1. The summed E-state index contributed by atoms with van der Waals surface area (Å²) in [7, 11) is 0. The van der Waals surface area contributed by atoms with Crippen molar-refractivity contribution < 1.29 is 5.11 Å². The molecule has 0 saturated carbocycles. The van der Waals surface area contributed by atoms with Crippen LogP contribution < -0.4 is 5.73 Å². The van der Waals surface area contributed by atoms with Gasteiger partial charge >= 0.3 is 0 Å². The van der Waals surface area contributed by atoms with Crippen molar-refractivity contribution in [2.24, 2.45) is 5.73 Å². The molecule has 0 aromatic heterocycles. The highest BCUT2D eigenvalue weighted by Crippen LogP contribution is 2.19. The Kier molecular flexibility index (Phi) is 9.98.